The molecular weight excluding hydrogens is 260 g/mol. The minimum absolute atomic E-state index is 0.253. The molecule has 0 bridgehead atoms. The van der Waals surface area contributed by atoms with Crippen LogP contribution in [0, 0.1) is 5.92 Å². The molecule has 0 spiro atoms. The Morgan fingerprint density at radius 3 is 2.81 bits per heavy atom. The standard InChI is InChI=1S/C18H24N2O/c1-2-20(12-15-13-21-11-10-17(15)19)18-9-5-7-14-6-3-4-8-16(14)18/h3-9,15,17H,2,10-13,19H2,1H3. The highest BCUT2D eigenvalue weighted by atomic mass is 16.5. The van der Waals surface area contributed by atoms with Gasteiger partial charge in [-0.2, -0.15) is 0 Å². The molecule has 1 heterocycles. The van der Waals surface area contributed by atoms with Crippen LogP contribution >= 0.6 is 0 Å². The zero-order chi connectivity index (χ0) is 14.7. The summed E-state index contributed by atoms with van der Waals surface area (Å²) in [5.41, 5.74) is 7.57. The first-order valence-corrected chi connectivity index (χ1v) is 7.85. The summed E-state index contributed by atoms with van der Waals surface area (Å²) in [6.45, 7) is 5.74. The molecule has 1 saturated heterocycles. The molecule has 0 aromatic heterocycles. The van der Waals surface area contributed by atoms with Gasteiger partial charge < -0.3 is 15.4 Å². The molecule has 2 aromatic rings. The highest BCUT2D eigenvalue weighted by Gasteiger charge is 2.24. The maximum absolute atomic E-state index is 6.27. The fraction of sp³-hybridized carbons (Fsp3) is 0.444. The maximum Gasteiger partial charge on any atom is 0.0526 e. The fourth-order valence-corrected chi connectivity index (χ4v) is 3.17. The second-order valence-electron chi connectivity index (χ2n) is 5.82. The van der Waals surface area contributed by atoms with Gasteiger partial charge in [0.2, 0.25) is 0 Å². The van der Waals surface area contributed by atoms with Gasteiger partial charge in [-0.05, 0) is 24.8 Å². The Morgan fingerprint density at radius 2 is 2.00 bits per heavy atom. The Morgan fingerprint density at radius 1 is 1.19 bits per heavy atom. The van der Waals surface area contributed by atoms with Crippen LogP contribution in [0.2, 0.25) is 0 Å². The lowest BCUT2D eigenvalue weighted by atomic mass is 9.95. The van der Waals surface area contributed by atoms with Gasteiger partial charge in [0.1, 0.15) is 0 Å². The Kier molecular flexibility index (Phi) is 4.42. The van der Waals surface area contributed by atoms with Gasteiger partial charge in [-0.25, -0.2) is 0 Å². The number of nitrogens with two attached hydrogens (primary N) is 1. The van der Waals surface area contributed by atoms with Crippen molar-refractivity contribution in [2.24, 2.45) is 11.7 Å². The molecule has 0 aliphatic carbocycles. The summed E-state index contributed by atoms with van der Waals surface area (Å²) in [4.78, 5) is 2.43. The first-order chi connectivity index (χ1) is 10.3. The van der Waals surface area contributed by atoms with Gasteiger partial charge in [0, 0.05) is 42.7 Å². The third-order valence-corrected chi connectivity index (χ3v) is 4.48. The smallest absolute Gasteiger partial charge is 0.0526 e. The van der Waals surface area contributed by atoms with Gasteiger partial charge in [-0.1, -0.05) is 36.4 Å². The molecule has 3 nitrogen and oxygen atoms in total. The van der Waals surface area contributed by atoms with Gasteiger partial charge in [0.25, 0.3) is 0 Å². The van der Waals surface area contributed by atoms with Crippen LogP contribution in [-0.4, -0.2) is 32.3 Å². The zero-order valence-corrected chi connectivity index (χ0v) is 12.7. The molecule has 1 fully saturated rings. The average Bonchev–Trinajstić information content (AvgIpc) is 2.54. The molecule has 2 aromatic carbocycles. The fourth-order valence-electron chi connectivity index (χ4n) is 3.17. The highest BCUT2D eigenvalue weighted by molar-refractivity contribution is 5.94. The van der Waals surface area contributed by atoms with E-state index in [1.807, 2.05) is 0 Å². The van der Waals surface area contributed by atoms with E-state index in [1.165, 1.54) is 16.5 Å². The highest BCUT2D eigenvalue weighted by Crippen LogP contribution is 2.28. The lowest BCUT2D eigenvalue weighted by Crippen LogP contribution is -2.45. The average molecular weight is 284 g/mol. The lowest BCUT2D eigenvalue weighted by molar-refractivity contribution is 0.0447. The van der Waals surface area contributed by atoms with Crippen LogP contribution in [0.25, 0.3) is 10.8 Å². The van der Waals surface area contributed by atoms with Crippen molar-refractivity contribution in [3.63, 3.8) is 0 Å². The van der Waals surface area contributed by atoms with Crippen LogP contribution in [0.4, 0.5) is 5.69 Å². The normalized spacial score (nSPS) is 22.4. The van der Waals surface area contributed by atoms with E-state index in [9.17, 15) is 0 Å². The molecule has 2 unspecified atom stereocenters. The quantitative estimate of drug-likeness (QED) is 0.938. The lowest BCUT2D eigenvalue weighted by Gasteiger charge is -2.34. The second-order valence-corrected chi connectivity index (χ2v) is 5.82. The molecule has 21 heavy (non-hydrogen) atoms. The van der Waals surface area contributed by atoms with Crippen molar-refractivity contribution in [1.82, 2.24) is 0 Å². The molecule has 1 aliphatic rings. The van der Waals surface area contributed by atoms with Crippen LogP contribution in [-0.2, 0) is 4.74 Å². The SMILES string of the molecule is CCN(CC1COCCC1N)c1cccc2ccccc12. The Labute approximate surface area is 126 Å². The van der Waals surface area contributed by atoms with Crippen molar-refractivity contribution in [2.75, 3.05) is 31.2 Å². The Hall–Kier alpha value is -1.58. The number of anilines is 1. The van der Waals surface area contributed by atoms with Crippen molar-refractivity contribution in [3.05, 3.63) is 42.5 Å². The van der Waals surface area contributed by atoms with E-state index in [-0.39, 0.29) is 6.04 Å². The number of fused-ring (bicyclic) bond motifs is 1. The molecule has 3 heteroatoms. The molecule has 2 N–H and O–H groups in total. The predicted molar refractivity (Wildman–Crippen MR) is 88.7 cm³/mol. The summed E-state index contributed by atoms with van der Waals surface area (Å²) in [6, 6.07) is 15.3. The van der Waals surface area contributed by atoms with Gasteiger partial charge >= 0.3 is 0 Å². The zero-order valence-electron chi connectivity index (χ0n) is 12.7. The Bertz CT molecular complexity index is 593. The van der Waals surface area contributed by atoms with Crippen LogP contribution < -0.4 is 10.6 Å². The molecular formula is C18H24N2O. The van der Waals surface area contributed by atoms with E-state index >= 15 is 0 Å². The molecule has 0 amide bonds. The van der Waals surface area contributed by atoms with Gasteiger partial charge in [0.15, 0.2) is 0 Å². The van der Waals surface area contributed by atoms with Crippen LogP contribution in [0.5, 0.6) is 0 Å². The molecule has 0 saturated carbocycles. The minimum Gasteiger partial charge on any atom is -0.381 e. The molecule has 1 aliphatic heterocycles. The number of hydrogen-bond donors (Lipinski definition) is 1. The number of nitrogens with zero attached hydrogens (tertiary/aromatic N) is 1. The van der Waals surface area contributed by atoms with E-state index in [4.69, 9.17) is 10.5 Å². The topological polar surface area (TPSA) is 38.5 Å². The van der Waals surface area contributed by atoms with Gasteiger partial charge in [-0.15, -0.1) is 0 Å². The maximum atomic E-state index is 6.27. The third-order valence-electron chi connectivity index (χ3n) is 4.48. The number of benzene rings is 2. The summed E-state index contributed by atoms with van der Waals surface area (Å²) in [5, 5.41) is 2.60. The summed E-state index contributed by atoms with van der Waals surface area (Å²) >= 11 is 0. The summed E-state index contributed by atoms with van der Waals surface area (Å²) in [6.07, 6.45) is 0.970. The largest absolute Gasteiger partial charge is 0.381 e. The van der Waals surface area contributed by atoms with Crippen LogP contribution in [0.1, 0.15) is 13.3 Å². The van der Waals surface area contributed by atoms with Gasteiger partial charge in [0.05, 0.1) is 6.61 Å². The minimum atomic E-state index is 0.253. The third kappa shape index (κ3) is 3.04. The van der Waals surface area contributed by atoms with Crippen LogP contribution in [0.15, 0.2) is 42.5 Å². The van der Waals surface area contributed by atoms with Crippen molar-refractivity contribution < 1.29 is 4.74 Å². The molecule has 112 valence electrons. The molecule has 3 rings (SSSR count). The van der Waals surface area contributed by atoms with E-state index in [0.717, 1.165) is 32.7 Å². The summed E-state index contributed by atoms with van der Waals surface area (Å²) in [5.74, 6) is 0.415. The van der Waals surface area contributed by atoms with E-state index in [2.05, 4.69) is 54.3 Å². The first kappa shape index (κ1) is 14.4. The van der Waals surface area contributed by atoms with E-state index in [0.29, 0.717) is 5.92 Å². The molecule has 2 atom stereocenters. The second kappa shape index (κ2) is 6.46. The monoisotopic (exact) mass is 284 g/mol. The van der Waals surface area contributed by atoms with Gasteiger partial charge in [-0.3, -0.25) is 0 Å². The predicted octanol–water partition coefficient (Wildman–Crippen LogP) is 3.03. The Balaban J connectivity index is 1.87. The number of ether oxygens (including phenoxy) is 1. The summed E-state index contributed by atoms with van der Waals surface area (Å²) < 4.78 is 5.61. The first-order valence-electron chi connectivity index (χ1n) is 7.85. The number of rotatable bonds is 4. The number of hydrogen-bond acceptors (Lipinski definition) is 3. The summed E-state index contributed by atoms with van der Waals surface area (Å²) in [7, 11) is 0. The van der Waals surface area contributed by atoms with Crippen molar-refractivity contribution in [2.45, 2.75) is 19.4 Å². The molecule has 0 radical (unpaired) electrons. The van der Waals surface area contributed by atoms with Crippen molar-refractivity contribution in [3.8, 4) is 0 Å². The van der Waals surface area contributed by atoms with E-state index in [1.54, 1.807) is 0 Å². The van der Waals surface area contributed by atoms with Crippen molar-refractivity contribution in [1.29, 1.82) is 0 Å². The van der Waals surface area contributed by atoms with E-state index < -0.39 is 0 Å². The van der Waals surface area contributed by atoms with Crippen molar-refractivity contribution >= 4 is 16.5 Å². The van der Waals surface area contributed by atoms with Crippen LogP contribution in [0.3, 0.4) is 0 Å².